The van der Waals surface area contributed by atoms with Crippen molar-refractivity contribution in [2.45, 2.75) is 12.6 Å². The van der Waals surface area contributed by atoms with Gasteiger partial charge in [0, 0.05) is 16.9 Å². The van der Waals surface area contributed by atoms with Crippen molar-refractivity contribution in [3.05, 3.63) is 83.9 Å². The van der Waals surface area contributed by atoms with Crippen molar-refractivity contribution in [1.82, 2.24) is 0 Å². The lowest BCUT2D eigenvalue weighted by Crippen LogP contribution is -2.27. The Morgan fingerprint density at radius 1 is 0.931 bits per heavy atom. The Hall–Kier alpha value is -3.51. The van der Waals surface area contributed by atoms with Crippen LogP contribution in [0.2, 0.25) is 0 Å². The third-order valence-corrected chi connectivity index (χ3v) is 4.51. The van der Waals surface area contributed by atoms with E-state index in [0.717, 1.165) is 11.3 Å². The second-order valence-electron chi connectivity index (χ2n) is 6.39. The van der Waals surface area contributed by atoms with Gasteiger partial charge in [0.1, 0.15) is 17.5 Å². The Kier molecular flexibility index (Phi) is 6.71. The molecule has 0 aromatic heterocycles. The van der Waals surface area contributed by atoms with Crippen LogP contribution in [0.5, 0.6) is 11.5 Å². The Morgan fingerprint density at radius 2 is 1.62 bits per heavy atom. The minimum Gasteiger partial charge on any atom is -0.497 e. The summed E-state index contributed by atoms with van der Waals surface area (Å²) in [4.78, 5) is 13.1. The zero-order valence-corrected chi connectivity index (χ0v) is 16.4. The van der Waals surface area contributed by atoms with E-state index in [-0.39, 0.29) is 12.5 Å². The van der Waals surface area contributed by atoms with Crippen LogP contribution < -0.4 is 20.1 Å². The van der Waals surface area contributed by atoms with E-state index in [9.17, 15) is 9.90 Å². The second kappa shape index (κ2) is 9.61. The van der Waals surface area contributed by atoms with Crippen LogP contribution in [0.25, 0.3) is 0 Å². The van der Waals surface area contributed by atoms with Crippen LogP contribution in [0.4, 0.5) is 11.4 Å². The summed E-state index contributed by atoms with van der Waals surface area (Å²) in [5, 5.41) is 15.8. The van der Waals surface area contributed by atoms with Gasteiger partial charge in [-0.15, -0.1) is 0 Å². The quantitative estimate of drug-likeness (QED) is 0.540. The van der Waals surface area contributed by atoms with E-state index < -0.39 is 6.04 Å². The molecule has 0 aliphatic rings. The minimum atomic E-state index is -0.627. The summed E-state index contributed by atoms with van der Waals surface area (Å²) in [5.41, 5.74) is 2.83. The molecular formula is C23H24N2O4. The Balaban J connectivity index is 1.85. The maximum absolute atomic E-state index is 13.1. The van der Waals surface area contributed by atoms with E-state index >= 15 is 0 Å². The maximum Gasteiger partial charge on any atom is 0.251 e. The van der Waals surface area contributed by atoms with Gasteiger partial charge < -0.3 is 25.2 Å². The summed E-state index contributed by atoms with van der Waals surface area (Å²) in [7, 11) is 3.15. The van der Waals surface area contributed by atoms with E-state index in [1.54, 1.807) is 50.6 Å². The van der Waals surface area contributed by atoms with Crippen LogP contribution in [0.3, 0.4) is 0 Å². The summed E-state index contributed by atoms with van der Waals surface area (Å²) in [6.45, 7) is -0.160. The molecule has 29 heavy (non-hydrogen) atoms. The summed E-state index contributed by atoms with van der Waals surface area (Å²) in [6.07, 6.45) is 0. The van der Waals surface area contributed by atoms with Crippen molar-refractivity contribution in [2.24, 2.45) is 0 Å². The molecule has 150 valence electrons. The van der Waals surface area contributed by atoms with Gasteiger partial charge in [0.25, 0.3) is 5.91 Å². The lowest BCUT2D eigenvalue weighted by Gasteiger charge is -2.21. The standard InChI is InChI=1S/C23H24N2O4/c1-28-20-11-8-18(9-12-20)25-23(27)22(16-6-4-3-5-7-16)24-19-10-13-21(29-2)17(14-19)15-26/h3-14,22,24,26H,15H2,1-2H3,(H,25,27). The monoisotopic (exact) mass is 392 g/mol. The Bertz CT molecular complexity index is 943. The number of carbonyl (C=O) groups excluding carboxylic acids is 1. The molecule has 1 amide bonds. The second-order valence-corrected chi connectivity index (χ2v) is 6.39. The number of methoxy groups -OCH3 is 2. The number of anilines is 2. The number of hydrogen-bond donors (Lipinski definition) is 3. The third-order valence-electron chi connectivity index (χ3n) is 4.51. The minimum absolute atomic E-state index is 0.160. The molecule has 1 atom stereocenters. The van der Waals surface area contributed by atoms with E-state index in [1.165, 1.54) is 0 Å². The summed E-state index contributed by atoms with van der Waals surface area (Å²) >= 11 is 0. The maximum atomic E-state index is 13.1. The molecule has 0 bridgehead atoms. The number of rotatable bonds is 8. The summed E-state index contributed by atoms with van der Waals surface area (Å²) < 4.78 is 10.4. The SMILES string of the molecule is COc1ccc(NC(=O)C(Nc2ccc(OC)c(CO)c2)c2ccccc2)cc1. The van der Waals surface area contributed by atoms with Crippen LogP contribution in [0, 0.1) is 0 Å². The molecule has 3 rings (SSSR count). The Labute approximate surface area is 170 Å². The summed E-state index contributed by atoms with van der Waals surface area (Å²) in [6, 6.07) is 21.3. The fraction of sp³-hybridized carbons (Fsp3) is 0.174. The predicted molar refractivity (Wildman–Crippen MR) is 113 cm³/mol. The van der Waals surface area contributed by atoms with E-state index in [1.807, 2.05) is 36.4 Å². The van der Waals surface area contributed by atoms with Gasteiger partial charge in [-0.1, -0.05) is 30.3 Å². The number of nitrogens with one attached hydrogen (secondary N) is 2. The highest BCUT2D eigenvalue weighted by Gasteiger charge is 2.21. The highest BCUT2D eigenvalue weighted by molar-refractivity contribution is 5.97. The Morgan fingerprint density at radius 3 is 2.24 bits per heavy atom. The van der Waals surface area contributed by atoms with Crippen LogP contribution in [-0.2, 0) is 11.4 Å². The number of aliphatic hydroxyl groups excluding tert-OH is 1. The van der Waals surface area contributed by atoms with Crippen molar-refractivity contribution in [2.75, 3.05) is 24.9 Å². The molecular weight excluding hydrogens is 368 g/mol. The van der Waals surface area contributed by atoms with Crippen molar-refractivity contribution in [3.8, 4) is 11.5 Å². The van der Waals surface area contributed by atoms with E-state index in [0.29, 0.717) is 22.7 Å². The van der Waals surface area contributed by atoms with E-state index in [4.69, 9.17) is 9.47 Å². The van der Waals surface area contributed by atoms with Gasteiger partial charge in [0.05, 0.1) is 20.8 Å². The molecule has 0 saturated heterocycles. The molecule has 0 saturated carbocycles. The first-order valence-electron chi connectivity index (χ1n) is 9.18. The number of hydrogen-bond acceptors (Lipinski definition) is 5. The average Bonchev–Trinajstić information content (AvgIpc) is 2.78. The smallest absolute Gasteiger partial charge is 0.251 e. The van der Waals surface area contributed by atoms with Gasteiger partial charge >= 0.3 is 0 Å². The molecule has 3 aromatic carbocycles. The van der Waals surface area contributed by atoms with Crippen LogP contribution in [0.1, 0.15) is 17.2 Å². The molecule has 6 heteroatoms. The van der Waals surface area contributed by atoms with E-state index in [2.05, 4.69) is 10.6 Å². The molecule has 6 nitrogen and oxygen atoms in total. The van der Waals surface area contributed by atoms with Crippen LogP contribution in [0.15, 0.2) is 72.8 Å². The highest BCUT2D eigenvalue weighted by atomic mass is 16.5. The average molecular weight is 392 g/mol. The number of carbonyl (C=O) groups is 1. The van der Waals surface area contributed by atoms with Crippen molar-refractivity contribution in [3.63, 3.8) is 0 Å². The molecule has 1 unspecified atom stereocenters. The zero-order chi connectivity index (χ0) is 20.6. The largest absolute Gasteiger partial charge is 0.497 e. The van der Waals surface area contributed by atoms with Gasteiger partial charge in [-0.05, 0) is 48.0 Å². The van der Waals surface area contributed by atoms with Crippen LogP contribution >= 0.6 is 0 Å². The van der Waals surface area contributed by atoms with Crippen LogP contribution in [-0.4, -0.2) is 25.2 Å². The molecule has 3 N–H and O–H groups in total. The lowest BCUT2D eigenvalue weighted by atomic mass is 10.0. The van der Waals surface area contributed by atoms with Crippen molar-refractivity contribution >= 4 is 17.3 Å². The first kappa shape index (κ1) is 20.2. The van der Waals surface area contributed by atoms with Gasteiger partial charge in [-0.3, -0.25) is 4.79 Å². The van der Waals surface area contributed by atoms with Gasteiger partial charge in [-0.25, -0.2) is 0 Å². The molecule has 0 aliphatic heterocycles. The molecule has 0 heterocycles. The highest BCUT2D eigenvalue weighted by Crippen LogP contribution is 2.27. The topological polar surface area (TPSA) is 79.8 Å². The summed E-state index contributed by atoms with van der Waals surface area (Å²) in [5.74, 6) is 1.11. The number of aliphatic hydroxyl groups is 1. The third kappa shape index (κ3) is 5.06. The first-order valence-corrected chi connectivity index (χ1v) is 9.18. The molecule has 0 fully saturated rings. The number of ether oxygens (including phenoxy) is 2. The molecule has 0 spiro atoms. The number of benzene rings is 3. The normalized spacial score (nSPS) is 11.4. The predicted octanol–water partition coefficient (Wildman–Crippen LogP) is 3.99. The fourth-order valence-electron chi connectivity index (χ4n) is 2.99. The number of amides is 1. The van der Waals surface area contributed by atoms with Gasteiger partial charge in [-0.2, -0.15) is 0 Å². The first-order chi connectivity index (χ1) is 14.1. The lowest BCUT2D eigenvalue weighted by molar-refractivity contribution is -0.117. The van der Waals surface area contributed by atoms with Crippen molar-refractivity contribution < 1.29 is 19.4 Å². The zero-order valence-electron chi connectivity index (χ0n) is 16.4. The molecule has 0 radical (unpaired) electrons. The molecule has 3 aromatic rings. The van der Waals surface area contributed by atoms with Crippen molar-refractivity contribution in [1.29, 1.82) is 0 Å². The molecule has 0 aliphatic carbocycles. The van der Waals surface area contributed by atoms with Gasteiger partial charge in [0.15, 0.2) is 0 Å². The van der Waals surface area contributed by atoms with Gasteiger partial charge in [0.2, 0.25) is 0 Å². The fourth-order valence-corrected chi connectivity index (χ4v) is 2.99.